The first-order valence-corrected chi connectivity index (χ1v) is 7.13. The zero-order valence-electron chi connectivity index (χ0n) is 12.0. The highest BCUT2D eigenvalue weighted by Gasteiger charge is 2.27. The molecule has 0 unspecified atom stereocenters. The van der Waals surface area contributed by atoms with Gasteiger partial charge in [-0.3, -0.25) is 0 Å². The number of carboxylic acid groups (broad SMARTS) is 1. The number of furan rings is 1. The molecule has 112 valence electrons. The summed E-state index contributed by atoms with van der Waals surface area (Å²) in [7, 11) is 2.06. The van der Waals surface area contributed by atoms with E-state index in [1.54, 1.807) is 6.07 Å². The molecule has 0 amide bonds. The van der Waals surface area contributed by atoms with E-state index < -0.39 is 5.97 Å². The first kappa shape index (κ1) is 14.1. The first-order valence-electron chi connectivity index (χ1n) is 7.13. The number of aliphatic hydroxyl groups excluding tert-OH is 1. The van der Waals surface area contributed by atoms with Gasteiger partial charge in [-0.2, -0.15) is 0 Å². The summed E-state index contributed by atoms with van der Waals surface area (Å²) in [5.74, 6) is -0.492. The minimum absolute atomic E-state index is 0.0287. The summed E-state index contributed by atoms with van der Waals surface area (Å²) in [5, 5.41) is 19.1. The normalized spacial score (nSPS) is 21.7. The average Bonchev–Trinajstić information content (AvgIpc) is 2.80. The number of carbonyl (C=O) groups is 1. The summed E-state index contributed by atoms with van der Waals surface area (Å²) in [6.45, 7) is 1.77. The molecule has 0 aliphatic heterocycles. The Labute approximate surface area is 122 Å². The third-order valence-corrected chi connectivity index (χ3v) is 4.02. The molecule has 3 rings (SSSR count). The van der Waals surface area contributed by atoms with Gasteiger partial charge in [0.2, 0.25) is 5.76 Å². The molecule has 1 aromatic carbocycles. The molecule has 2 N–H and O–H groups in total. The van der Waals surface area contributed by atoms with Gasteiger partial charge in [-0.15, -0.1) is 0 Å². The summed E-state index contributed by atoms with van der Waals surface area (Å²) in [6, 6.07) is 7.31. The second-order valence-corrected chi connectivity index (χ2v) is 5.98. The van der Waals surface area contributed by atoms with Crippen molar-refractivity contribution >= 4 is 16.9 Å². The molecule has 0 saturated heterocycles. The molecule has 1 heterocycles. The van der Waals surface area contributed by atoms with E-state index in [1.807, 2.05) is 18.2 Å². The zero-order valence-corrected chi connectivity index (χ0v) is 12.0. The van der Waals surface area contributed by atoms with E-state index in [4.69, 9.17) is 9.52 Å². The largest absolute Gasteiger partial charge is 0.475 e. The Morgan fingerprint density at radius 1 is 1.38 bits per heavy atom. The number of aromatic carboxylic acids is 1. The van der Waals surface area contributed by atoms with Crippen molar-refractivity contribution in [1.29, 1.82) is 0 Å². The molecule has 2 aromatic rings. The SMILES string of the molecule is CN(Cc1ccc2oc(C(=O)O)cc2c1)CC1CC(O)C1. The van der Waals surface area contributed by atoms with E-state index >= 15 is 0 Å². The highest BCUT2D eigenvalue weighted by atomic mass is 16.4. The van der Waals surface area contributed by atoms with Gasteiger partial charge in [-0.25, -0.2) is 4.79 Å². The summed E-state index contributed by atoms with van der Waals surface area (Å²) in [6.07, 6.45) is 1.68. The minimum atomic E-state index is -1.05. The second kappa shape index (κ2) is 5.50. The van der Waals surface area contributed by atoms with E-state index in [2.05, 4.69) is 11.9 Å². The highest BCUT2D eigenvalue weighted by Crippen LogP contribution is 2.28. The molecule has 1 aliphatic rings. The van der Waals surface area contributed by atoms with Crippen molar-refractivity contribution < 1.29 is 19.4 Å². The molecular formula is C16H19NO4. The fourth-order valence-corrected chi connectivity index (χ4v) is 2.96. The van der Waals surface area contributed by atoms with Crippen LogP contribution in [0.2, 0.25) is 0 Å². The Bertz CT molecular complexity index is 657. The lowest BCUT2D eigenvalue weighted by atomic mass is 9.82. The van der Waals surface area contributed by atoms with Gasteiger partial charge in [0.05, 0.1) is 6.10 Å². The van der Waals surface area contributed by atoms with Gasteiger partial charge in [-0.05, 0) is 49.6 Å². The lowest BCUT2D eigenvalue weighted by molar-refractivity contribution is 0.0274. The standard InChI is InChI=1S/C16H19NO4/c1-17(9-11-5-13(18)6-11)8-10-2-3-14-12(4-10)7-15(21-14)16(19)20/h2-4,7,11,13,18H,5-6,8-9H2,1H3,(H,19,20). The second-order valence-electron chi connectivity index (χ2n) is 5.98. The lowest BCUT2D eigenvalue weighted by Crippen LogP contribution is -2.36. The Hall–Kier alpha value is -1.85. The number of hydrogen-bond acceptors (Lipinski definition) is 4. The minimum Gasteiger partial charge on any atom is -0.475 e. The molecule has 5 heteroatoms. The monoisotopic (exact) mass is 289 g/mol. The average molecular weight is 289 g/mol. The maximum atomic E-state index is 10.9. The van der Waals surface area contributed by atoms with Gasteiger partial charge in [0.15, 0.2) is 0 Å². The van der Waals surface area contributed by atoms with E-state index in [1.165, 1.54) is 0 Å². The molecule has 1 fully saturated rings. The van der Waals surface area contributed by atoms with E-state index in [9.17, 15) is 9.90 Å². The third kappa shape index (κ3) is 3.09. The zero-order chi connectivity index (χ0) is 15.0. The number of carboxylic acids is 1. The number of hydrogen-bond donors (Lipinski definition) is 2. The molecule has 1 aliphatic carbocycles. The third-order valence-electron chi connectivity index (χ3n) is 4.02. The Morgan fingerprint density at radius 2 is 2.14 bits per heavy atom. The van der Waals surface area contributed by atoms with Gasteiger partial charge in [0.1, 0.15) is 5.58 Å². The van der Waals surface area contributed by atoms with Crippen molar-refractivity contribution in [2.75, 3.05) is 13.6 Å². The van der Waals surface area contributed by atoms with Crippen LogP contribution in [0.3, 0.4) is 0 Å². The fourth-order valence-electron chi connectivity index (χ4n) is 2.96. The number of rotatable bonds is 5. The molecule has 1 saturated carbocycles. The van der Waals surface area contributed by atoms with Crippen molar-refractivity contribution in [3.05, 3.63) is 35.6 Å². The van der Waals surface area contributed by atoms with Crippen LogP contribution in [0, 0.1) is 5.92 Å². The number of nitrogens with zero attached hydrogens (tertiary/aromatic N) is 1. The number of fused-ring (bicyclic) bond motifs is 1. The smallest absolute Gasteiger partial charge is 0.371 e. The molecule has 0 radical (unpaired) electrons. The van der Waals surface area contributed by atoms with Crippen LogP contribution in [-0.2, 0) is 6.54 Å². The molecule has 21 heavy (non-hydrogen) atoms. The molecule has 0 bridgehead atoms. The summed E-state index contributed by atoms with van der Waals surface area (Å²) >= 11 is 0. The van der Waals surface area contributed by atoms with E-state index in [0.29, 0.717) is 11.5 Å². The number of aliphatic hydroxyl groups is 1. The quantitative estimate of drug-likeness (QED) is 0.883. The number of benzene rings is 1. The fraction of sp³-hybridized carbons (Fsp3) is 0.438. The summed E-state index contributed by atoms with van der Waals surface area (Å²) in [4.78, 5) is 13.1. The predicted octanol–water partition coefficient (Wildman–Crippen LogP) is 2.33. The van der Waals surface area contributed by atoms with E-state index in [-0.39, 0.29) is 11.9 Å². The van der Waals surface area contributed by atoms with Gasteiger partial charge in [0.25, 0.3) is 0 Å². The van der Waals surface area contributed by atoms with Gasteiger partial charge in [-0.1, -0.05) is 6.07 Å². The molecule has 1 aromatic heterocycles. The Morgan fingerprint density at radius 3 is 2.81 bits per heavy atom. The van der Waals surface area contributed by atoms with Crippen molar-refractivity contribution in [3.8, 4) is 0 Å². The van der Waals surface area contributed by atoms with Gasteiger partial charge in [0, 0.05) is 18.5 Å². The van der Waals surface area contributed by atoms with Crippen LogP contribution < -0.4 is 0 Å². The van der Waals surface area contributed by atoms with Gasteiger partial charge >= 0.3 is 5.97 Å². The molecule has 5 nitrogen and oxygen atoms in total. The Kier molecular flexibility index (Phi) is 3.69. The maximum absolute atomic E-state index is 10.9. The van der Waals surface area contributed by atoms with Crippen LogP contribution in [0.15, 0.2) is 28.7 Å². The van der Waals surface area contributed by atoms with Crippen LogP contribution in [0.25, 0.3) is 11.0 Å². The summed E-state index contributed by atoms with van der Waals surface area (Å²) in [5.41, 5.74) is 1.73. The van der Waals surface area contributed by atoms with Crippen LogP contribution in [0.1, 0.15) is 29.0 Å². The summed E-state index contributed by atoms with van der Waals surface area (Å²) < 4.78 is 5.25. The lowest BCUT2D eigenvalue weighted by Gasteiger charge is -2.34. The van der Waals surface area contributed by atoms with Crippen LogP contribution in [0.5, 0.6) is 0 Å². The first-order chi connectivity index (χ1) is 10.0. The van der Waals surface area contributed by atoms with Gasteiger partial charge < -0.3 is 19.5 Å². The van der Waals surface area contributed by atoms with Crippen molar-refractivity contribution in [3.63, 3.8) is 0 Å². The van der Waals surface area contributed by atoms with Crippen LogP contribution in [0.4, 0.5) is 0 Å². The molecular weight excluding hydrogens is 270 g/mol. The van der Waals surface area contributed by atoms with Crippen molar-refractivity contribution in [2.45, 2.75) is 25.5 Å². The van der Waals surface area contributed by atoms with E-state index in [0.717, 1.165) is 36.9 Å². The highest BCUT2D eigenvalue weighted by molar-refractivity contribution is 5.91. The van der Waals surface area contributed by atoms with Crippen molar-refractivity contribution in [2.24, 2.45) is 5.92 Å². The topological polar surface area (TPSA) is 73.9 Å². The Balaban J connectivity index is 1.67. The predicted molar refractivity (Wildman–Crippen MR) is 78.2 cm³/mol. The maximum Gasteiger partial charge on any atom is 0.371 e. The molecule has 0 spiro atoms. The van der Waals surface area contributed by atoms with Crippen LogP contribution >= 0.6 is 0 Å². The van der Waals surface area contributed by atoms with Crippen molar-refractivity contribution in [1.82, 2.24) is 4.90 Å². The van der Waals surface area contributed by atoms with Crippen LogP contribution in [-0.4, -0.2) is 40.8 Å². The molecule has 0 atom stereocenters.